The third-order valence-electron chi connectivity index (χ3n) is 5.12. The van der Waals surface area contributed by atoms with Crippen LogP contribution in [0.15, 0.2) is 37.8 Å². The molecule has 0 saturated carbocycles. The zero-order valence-corrected chi connectivity index (χ0v) is 19.3. The molecular weight excluding hydrogens is 446 g/mol. The molecule has 0 atom stereocenters. The number of H-pyrrole nitrogens is 1. The van der Waals surface area contributed by atoms with Crippen LogP contribution in [-0.4, -0.2) is 30.1 Å². The number of aromatic nitrogens is 5. The fourth-order valence-electron chi connectivity index (χ4n) is 3.56. The third kappa shape index (κ3) is 4.82. The minimum Gasteiger partial charge on any atom is -0.462 e. The van der Waals surface area contributed by atoms with Gasteiger partial charge in [-0.15, -0.1) is 11.3 Å². The molecule has 0 aliphatic carbocycles. The van der Waals surface area contributed by atoms with Gasteiger partial charge in [0.2, 0.25) is 0 Å². The minimum atomic E-state index is -0.491. The first-order chi connectivity index (χ1) is 16.0. The van der Waals surface area contributed by atoms with Crippen LogP contribution in [-0.2, 0) is 35.6 Å². The Morgan fingerprint density at radius 3 is 2.76 bits per heavy atom. The van der Waals surface area contributed by atoms with E-state index in [0.29, 0.717) is 46.5 Å². The SMILES string of the molecule is CCCCn1c(=O)[nH]c(=O)c2c1nc(COC(=O)Cc1csc(-c3ccco3)n1)n2CCC. The predicted molar refractivity (Wildman–Crippen MR) is 123 cm³/mol. The van der Waals surface area contributed by atoms with Crippen LogP contribution >= 0.6 is 11.3 Å². The molecule has 0 aliphatic heterocycles. The first-order valence-electron chi connectivity index (χ1n) is 10.9. The van der Waals surface area contributed by atoms with E-state index in [9.17, 15) is 14.4 Å². The zero-order chi connectivity index (χ0) is 23.4. The summed E-state index contributed by atoms with van der Waals surface area (Å²) in [5, 5.41) is 2.48. The summed E-state index contributed by atoms with van der Waals surface area (Å²) in [6, 6.07) is 3.58. The maximum Gasteiger partial charge on any atom is 0.330 e. The molecule has 4 aromatic heterocycles. The van der Waals surface area contributed by atoms with Gasteiger partial charge in [-0.1, -0.05) is 20.3 Å². The fraction of sp³-hybridized carbons (Fsp3) is 0.409. The number of imidazole rings is 1. The van der Waals surface area contributed by atoms with Crippen molar-refractivity contribution in [2.75, 3.05) is 0 Å². The molecular formula is C22H25N5O5S. The standard InChI is InChI=1S/C22H25N5O5S/c1-3-5-9-27-19-18(20(29)25-22(27)30)26(8-4-2)16(24-19)12-32-17(28)11-14-13-33-21(23-14)15-7-6-10-31-15/h6-7,10,13H,3-5,8-9,11-12H2,1-2H3,(H,25,29,30). The lowest BCUT2D eigenvalue weighted by Crippen LogP contribution is -2.31. The van der Waals surface area contributed by atoms with Crippen molar-refractivity contribution in [1.82, 2.24) is 24.1 Å². The van der Waals surface area contributed by atoms with Gasteiger partial charge in [0.15, 0.2) is 21.9 Å². The molecule has 10 nitrogen and oxygen atoms in total. The number of esters is 1. The lowest BCUT2D eigenvalue weighted by molar-refractivity contribution is -0.144. The Kier molecular flexibility index (Phi) is 6.87. The molecule has 0 aliphatic rings. The van der Waals surface area contributed by atoms with E-state index in [1.807, 2.05) is 13.8 Å². The van der Waals surface area contributed by atoms with Crippen LogP contribution in [0.4, 0.5) is 0 Å². The molecule has 4 aromatic rings. The van der Waals surface area contributed by atoms with Gasteiger partial charge >= 0.3 is 11.7 Å². The molecule has 11 heteroatoms. The van der Waals surface area contributed by atoms with E-state index in [4.69, 9.17) is 9.15 Å². The topological polar surface area (TPSA) is 125 Å². The maximum atomic E-state index is 12.6. The molecule has 0 bridgehead atoms. The smallest absolute Gasteiger partial charge is 0.330 e. The Labute approximate surface area is 192 Å². The number of carbonyl (C=O) groups is 1. The zero-order valence-electron chi connectivity index (χ0n) is 18.5. The molecule has 174 valence electrons. The van der Waals surface area contributed by atoms with Gasteiger partial charge in [-0.2, -0.15) is 0 Å². The highest BCUT2D eigenvalue weighted by Gasteiger charge is 2.19. The normalized spacial score (nSPS) is 11.3. The second kappa shape index (κ2) is 9.99. The quantitative estimate of drug-likeness (QED) is 0.352. The van der Waals surface area contributed by atoms with E-state index in [1.54, 1.807) is 28.3 Å². The number of nitrogens with one attached hydrogen (secondary N) is 1. The molecule has 0 spiro atoms. The van der Waals surface area contributed by atoms with Crippen LogP contribution in [0.2, 0.25) is 0 Å². The summed E-state index contributed by atoms with van der Waals surface area (Å²) >= 11 is 1.39. The summed E-state index contributed by atoms with van der Waals surface area (Å²) in [5.74, 6) is 0.613. The molecule has 0 radical (unpaired) electrons. The first-order valence-corrected chi connectivity index (χ1v) is 11.8. The van der Waals surface area contributed by atoms with Crippen LogP contribution in [0.25, 0.3) is 21.9 Å². The number of nitrogens with zero attached hydrogens (tertiary/aromatic N) is 4. The molecule has 33 heavy (non-hydrogen) atoms. The van der Waals surface area contributed by atoms with Gasteiger partial charge in [0.1, 0.15) is 12.4 Å². The van der Waals surface area contributed by atoms with E-state index in [1.165, 1.54) is 15.9 Å². The van der Waals surface area contributed by atoms with E-state index in [0.717, 1.165) is 19.3 Å². The van der Waals surface area contributed by atoms with Crippen LogP contribution in [0.3, 0.4) is 0 Å². The Bertz CT molecular complexity index is 1360. The Morgan fingerprint density at radius 1 is 1.18 bits per heavy atom. The van der Waals surface area contributed by atoms with Gasteiger partial charge in [0, 0.05) is 18.5 Å². The minimum absolute atomic E-state index is 0.00695. The summed E-state index contributed by atoms with van der Waals surface area (Å²) in [6.45, 7) is 4.85. The monoisotopic (exact) mass is 471 g/mol. The van der Waals surface area contributed by atoms with Crippen LogP contribution in [0.5, 0.6) is 0 Å². The number of unbranched alkanes of at least 4 members (excludes halogenated alkanes) is 1. The average Bonchev–Trinajstić information content (AvgIpc) is 3.53. The van der Waals surface area contributed by atoms with Gasteiger partial charge in [-0.05, 0) is 25.0 Å². The number of hydrogen-bond donors (Lipinski definition) is 1. The number of thiazole rings is 1. The largest absolute Gasteiger partial charge is 0.462 e. The summed E-state index contributed by atoms with van der Waals surface area (Å²) in [6.07, 6.45) is 3.99. The van der Waals surface area contributed by atoms with Gasteiger partial charge < -0.3 is 13.7 Å². The average molecular weight is 472 g/mol. The molecule has 1 N–H and O–H groups in total. The molecule has 0 amide bonds. The lowest BCUT2D eigenvalue weighted by Gasteiger charge is -2.08. The molecule has 4 rings (SSSR count). The van der Waals surface area contributed by atoms with E-state index < -0.39 is 17.2 Å². The van der Waals surface area contributed by atoms with E-state index in [-0.39, 0.29) is 13.0 Å². The number of furan rings is 1. The second-order valence-electron chi connectivity index (χ2n) is 7.58. The third-order valence-corrected chi connectivity index (χ3v) is 6.02. The number of aromatic amines is 1. The van der Waals surface area contributed by atoms with Crippen molar-refractivity contribution in [3.63, 3.8) is 0 Å². The highest BCUT2D eigenvalue weighted by atomic mass is 32.1. The summed E-state index contributed by atoms with van der Waals surface area (Å²) in [4.78, 5) is 48.7. The second-order valence-corrected chi connectivity index (χ2v) is 8.43. The Balaban J connectivity index is 1.54. The molecule has 0 aromatic carbocycles. The number of ether oxygens (including phenoxy) is 1. The predicted octanol–water partition coefficient (Wildman–Crippen LogP) is 3.10. The number of hydrogen-bond acceptors (Lipinski definition) is 8. The fourth-order valence-corrected chi connectivity index (χ4v) is 4.35. The number of aryl methyl sites for hydroxylation is 2. The van der Waals surface area contributed by atoms with E-state index in [2.05, 4.69) is 15.0 Å². The summed E-state index contributed by atoms with van der Waals surface area (Å²) in [5.41, 5.74) is 0.250. The van der Waals surface area contributed by atoms with Crippen LogP contribution < -0.4 is 11.2 Å². The van der Waals surface area contributed by atoms with Gasteiger partial charge in [-0.3, -0.25) is 19.1 Å². The van der Waals surface area contributed by atoms with Gasteiger partial charge in [-0.25, -0.2) is 14.8 Å². The summed E-state index contributed by atoms with van der Waals surface area (Å²) in [7, 11) is 0. The molecule has 4 heterocycles. The van der Waals surface area contributed by atoms with Crippen molar-refractivity contribution in [3.8, 4) is 10.8 Å². The molecule has 0 unspecified atom stereocenters. The van der Waals surface area contributed by atoms with Gasteiger partial charge in [0.05, 0.1) is 18.4 Å². The molecule has 0 fully saturated rings. The van der Waals surface area contributed by atoms with Crippen molar-refractivity contribution >= 4 is 28.5 Å². The number of carbonyl (C=O) groups excluding carboxylic acids is 1. The van der Waals surface area contributed by atoms with Crippen LogP contribution in [0, 0.1) is 0 Å². The van der Waals surface area contributed by atoms with E-state index >= 15 is 0 Å². The lowest BCUT2D eigenvalue weighted by atomic mass is 10.3. The van der Waals surface area contributed by atoms with Crippen molar-refractivity contribution < 1.29 is 13.9 Å². The van der Waals surface area contributed by atoms with Gasteiger partial charge in [0.25, 0.3) is 5.56 Å². The maximum absolute atomic E-state index is 12.6. The van der Waals surface area contributed by atoms with Crippen molar-refractivity contribution in [2.45, 2.75) is 59.2 Å². The number of fused-ring (bicyclic) bond motifs is 1. The number of rotatable bonds is 10. The van der Waals surface area contributed by atoms with Crippen molar-refractivity contribution in [1.29, 1.82) is 0 Å². The highest BCUT2D eigenvalue weighted by Crippen LogP contribution is 2.24. The molecule has 0 saturated heterocycles. The highest BCUT2D eigenvalue weighted by molar-refractivity contribution is 7.13. The first kappa shape index (κ1) is 22.7. The Morgan fingerprint density at radius 2 is 2.03 bits per heavy atom. The van der Waals surface area contributed by atoms with Crippen LogP contribution in [0.1, 0.15) is 44.6 Å². The van der Waals surface area contributed by atoms with Crippen molar-refractivity contribution in [2.24, 2.45) is 0 Å². The Hall–Kier alpha value is -3.47. The van der Waals surface area contributed by atoms with Crippen molar-refractivity contribution in [3.05, 3.63) is 56.1 Å². The summed E-state index contributed by atoms with van der Waals surface area (Å²) < 4.78 is 14.0.